The van der Waals surface area contributed by atoms with Crippen LogP contribution in [-0.4, -0.2) is 9.55 Å². The Morgan fingerprint density at radius 2 is 2.31 bits per heavy atom. The van der Waals surface area contributed by atoms with E-state index in [1.165, 1.54) is 37.3 Å². The third kappa shape index (κ3) is 1.93. The van der Waals surface area contributed by atoms with E-state index in [4.69, 9.17) is 0 Å². The second kappa shape index (κ2) is 3.52. The largest absolute Gasteiger partial charge is 0.335 e. The summed E-state index contributed by atoms with van der Waals surface area (Å²) in [7, 11) is 0. The predicted octanol–water partition coefficient (Wildman–Crippen LogP) is 2.55. The van der Waals surface area contributed by atoms with E-state index in [2.05, 4.69) is 29.6 Å². The van der Waals surface area contributed by atoms with Crippen LogP contribution < -0.4 is 0 Å². The standard InChI is InChI=1S/C11H18N2/c1-9-4-3-7-13-8-10(2)12-11(13)6-5-9/h8-9H,3-7H2,1-2H3. The van der Waals surface area contributed by atoms with E-state index in [0.717, 1.165) is 12.3 Å². The van der Waals surface area contributed by atoms with Crippen molar-refractivity contribution in [3.63, 3.8) is 0 Å². The lowest BCUT2D eigenvalue weighted by Crippen LogP contribution is -2.10. The molecule has 0 spiro atoms. The van der Waals surface area contributed by atoms with Gasteiger partial charge in [-0.05, 0) is 32.1 Å². The van der Waals surface area contributed by atoms with Crippen molar-refractivity contribution in [1.29, 1.82) is 0 Å². The summed E-state index contributed by atoms with van der Waals surface area (Å²) in [5, 5.41) is 0. The van der Waals surface area contributed by atoms with Crippen molar-refractivity contribution in [2.24, 2.45) is 5.92 Å². The maximum absolute atomic E-state index is 4.55. The normalized spacial score (nSPS) is 23.4. The molecule has 2 nitrogen and oxygen atoms in total. The van der Waals surface area contributed by atoms with Gasteiger partial charge in [-0.15, -0.1) is 0 Å². The third-order valence-electron chi connectivity index (χ3n) is 2.94. The molecule has 2 rings (SSSR count). The Balaban J connectivity index is 2.19. The number of nitrogens with zero attached hydrogens (tertiary/aromatic N) is 2. The van der Waals surface area contributed by atoms with Crippen molar-refractivity contribution in [2.45, 2.75) is 46.1 Å². The topological polar surface area (TPSA) is 17.8 Å². The molecule has 1 aromatic heterocycles. The van der Waals surface area contributed by atoms with Gasteiger partial charge >= 0.3 is 0 Å². The highest BCUT2D eigenvalue weighted by molar-refractivity contribution is 5.03. The number of aromatic nitrogens is 2. The zero-order chi connectivity index (χ0) is 9.26. The monoisotopic (exact) mass is 178 g/mol. The van der Waals surface area contributed by atoms with Crippen molar-refractivity contribution < 1.29 is 0 Å². The highest BCUT2D eigenvalue weighted by Gasteiger charge is 2.11. The molecule has 13 heavy (non-hydrogen) atoms. The lowest BCUT2D eigenvalue weighted by Gasteiger charge is -2.16. The molecule has 1 aliphatic rings. The van der Waals surface area contributed by atoms with Crippen molar-refractivity contribution in [1.82, 2.24) is 9.55 Å². The second-order valence-corrected chi connectivity index (χ2v) is 4.28. The minimum absolute atomic E-state index is 0.880. The summed E-state index contributed by atoms with van der Waals surface area (Å²) < 4.78 is 2.33. The van der Waals surface area contributed by atoms with Crippen molar-refractivity contribution in [3.05, 3.63) is 17.7 Å². The molecule has 0 bridgehead atoms. The van der Waals surface area contributed by atoms with Gasteiger partial charge in [-0.1, -0.05) is 6.92 Å². The summed E-state index contributed by atoms with van der Waals surface area (Å²) in [5.41, 5.74) is 1.17. The number of hydrogen-bond donors (Lipinski definition) is 0. The summed E-state index contributed by atoms with van der Waals surface area (Å²) in [6.45, 7) is 5.60. The summed E-state index contributed by atoms with van der Waals surface area (Å²) in [6, 6.07) is 0. The van der Waals surface area contributed by atoms with E-state index in [0.29, 0.717) is 0 Å². The molecular weight excluding hydrogens is 160 g/mol. The van der Waals surface area contributed by atoms with E-state index < -0.39 is 0 Å². The lowest BCUT2D eigenvalue weighted by molar-refractivity contribution is 0.417. The Morgan fingerprint density at radius 3 is 3.15 bits per heavy atom. The summed E-state index contributed by atoms with van der Waals surface area (Å²) in [5.74, 6) is 2.18. The van der Waals surface area contributed by atoms with Crippen molar-refractivity contribution >= 4 is 0 Å². The summed E-state index contributed by atoms with van der Waals surface area (Å²) >= 11 is 0. The van der Waals surface area contributed by atoms with Crippen LogP contribution in [0.1, 0.15) is 37.7 Å². The van der Waals surface area contributed by atoms with Crippen LogP contribution in [0.15, 0.2) is 6.20 Å². The van der Waals surface area contributed by atoms with Gasteiger partial charge in [-0.25, -0.2) is 4.98 Å². The Morgan fingerprint density at radius 1 is 1.46 bits per heavy atom. The van der Waals surface area contributed by atoms with Crippen molar-refractivity contribution in [2.75, 3.05) is 0 Å². The van der Waals surface area contributed by atoms with Gasteiger partial charge in [0.15, 0.2) is 0 Å². The Bertz CT molecular complexity index is 288. The van der Waals surface area contributed by atoms with Gasteiger partial charge in [0, 0.05) is 19.2 Å². The maximum Gasteiger partial charge on any atom is 0.108 e. The fourth-order valence-electron chi connectivity index (χ4n) is 2.12. The first-order chi connectivity index (χ1) is 6.25. The maximum atomic E-state index is 4.55. The molecule has 1 atom stereocenters. The van der Waals surface area contributed by atoms with E-state index >= 15 is 0 Å². The Hall–Kier alpha value is -0.790. The zero-order valence-electron chi connectivity index (χ0n) is 8.58. The van der Waals surface area contributed by atoms with E-state index in [9.17, 15) is 0 Å². The molecule has 2 heterocycles. The first-order valence-electron chi connectivity index (χ1n) is 5.28. The van der Waals surface area contributed by atoms with Gasteiger partial charge < -0.3 is 4.57 Å². The van der Waals surface area contributed by atoms with Crippen LogP contribution in [0.5, 0.6) is 0 Å². The number of fused-ring (bicyclic) bond motifs is 1. The molecule has 0 N–H and O–H groups in total. The van der Waals surface area contributed by atoms with Gasteiger partial charge in [-0.2, -0.15) is 0 Å². The average Bonchev–Trinajstić information content (AvgIpc) is 2.40. The van der Waals surface area contributed by atoms with E-state index in [1.807, 2.05) is 0 Å². The highest BCUT2D eigenvalue weighted by atomic mass is 15.1. The quantitative estimate of drug-likeness (QED) is 0.597. The fourth-order valence-corrected chi connectivity index (χ4v) is 2.12. The minimum Gasteiger partial charge on any atom is -0.335 e. The van der Waals surface area contributed by atoms with E-state index in [-0.39, 0.29) is 0 Å². The summed E-state index contributed by atoms with van der Waals surface area (Å²) in [4.78, 5) is 4.55. The molecule has 0 aromatic carbocycles. The minimum atomic E-state index is 0.880. The molecule has 0 radical (unpaired) electrons. The third-order valence-corrected chi connectivity index (χ3v) is 2.94. The van der Waals surface area contributed by atoms with Gasteiger partial charge in [0.1, 0.15) is 5.82 Å². The molecule has 72 valence electrons. The zero-order valence-corrected chi connectivity index (χ0v) is 8.58. The lowest BCUT2D eigenvalue weighted by atomic mass is 9.98. The number of aryl methyl sites for hydroxylation is 3. The number of rotatable bonds is 0. The van der Waals surface area contributed by atoms with Gasteiger partial charge in [-0.3, -0.25) is 0 Å². The molecule has 0 fully saturated rings. The van der Waals surface area contributed by atoms with Crippen LogP contribution >= 0.6 is 0 Å². The average molecular weight is 178 g/mol. The highest BCUT2D eigenvalue weighted by Crippen LogP contribution is 2.19. The summed E-state index contributed by atoms with van der Waals surface area (Å²) in [6.07, 6.45) is 7.33. The predicted molar refractivity (Wildman–Crippen MR) is 53.7 cm³/mol. The smallest absolute Gasteiger partial charge is 0.108 e. The van der Waals surface area contributed by atoms with Crippen LogP contribution in [0.3, 0.4) is 0 Å². The Labute approximate surface area is 80.0 Å². The van der Waals surface area contributed by atoms with Crippen LogP contribution in [0.25, 0.3) is 0 Å². The molecule has 0 saturated carbocycles. The SMILES string of the molecule is Cc1cn2c(n1)CCC(C)CCC2. The molecule has 2 heteroatoms. The van der Waals surface area contributed by atoms with Crippen LogP contribution in [0.2, 0.25) is 0 Å². The second-order valence-electron chi connectivity index (χ2n) is 4.28. The van der Waals surface area contributed by atoms with E-state index in [1.54, 1.807) is 0 Å². The fraction of sp³-hybridized carbons (Fsp3) is 0.727. The molecule has 0 amide bonds. The van der Waals surface area contributed by atoms with Crippen LogP contribution in [0, 0.1) is 12.8 Å². The molecule has 1 aromatic rings. The first-order valence-corrected chi connectivity index (χ1v) is 5.28. The first kappa shape index (κ1) is 8.79. The molecule has 0 saturated heterocycles. The van der Waals surface area contributed by atoms with Crippen LogP contribution in [0.4, 0.5) is 0 Å². The number of hydrogen-bond acceptors (Lipinski definition) is 1. The van der Waals surface area contributed by atoms with Gasteiger partial charge in [0.05, 0.1) is 5.69 Å². The van der Waals surface area contributed by atoms with Gasteiger partial charge in [0.25, 0.3) is 0 Å². The molecule has 1 unspecified atom stereocenters. The number of imidazole rings is 1. The van der Waals surface area contributed by atoms with Crippen LogP contribution in [-0.2, 0) is 13.0 Å². The Kier molecular flexibility index (Phi) is 2.38. The molecule has 1 aliphatic heterocycles. The van der Waals surface area contributed by atoms with Crippen molar-refractivity contribution in [3.8, 4) is 0 Å². The van der Waals surface area contributed by atoms with Gasteiger partial charge in [0.2, 0.25) is 0 Å². The molecular formula is C11H18N2. The molecule has 0 aliphatic carbocycles.